The van der Waals surface area contributed by atoms with E-state index in [1.54, 1.807) is 30.3 Å². The number of carbonyl (C=O) groups is 3. The van der Waals surface area contributed by atoms with Crippen LogP contribution in [0, 0.1) is 15.2 Å². The minimum absolute atomic E-state index is 0.0849. The van der Waals surface area contributed by atoms with Gasteiger partial charge in [-0.05, 0) is 76.2 Å². The summed E-state index contributed by atoms with van der Waals surface area (Å²) in [4.78, 5) is 40.3. The first-order valence-electron chi connectivity index (χ1n) is 10.5. The third-order valence-corrected chi connectivity index (χ3v) is 6.24. The Kier molecular flexibility index (Phi) is 7.29. The summed E-state index contributed by atoms with van der Waals surface area (Å²) < 4.78 is 33.6. The summed E-state index contributed by atoms with van der Waals surface area (Å²) in [6.45, 7) is 0. The number of halogens is 3. The first-order chi connectivity index (χ1) is 16.8. The number of hydrogen-bond donors (Lipinski definition) is 2. The summed E-state index contributed by atoms with van der Waals surface area (Å²) in [6.07, 6.45) is -0.0907. The van der Waals surface area contributed by atoms with Crippen LogP contribution < -0.4 is 15.4 Å². The maximum absolute atomic E-state index is 14.4. The molecule has 4 rings (SSSR count). The second-order valence-corrected chi connectivity index (χ2v) is 9.07. The Bertz CT molecular complexity index is 1270. The van der Waals surface area contributed by atoms with E-state index in [1.165, 1.54) is 43.5 Å². The average molecular weight is 591 g/mol. The summed E-state index contributed by atoms with van der Waals surface area (Å²) in [5, 5.41) is 5.08. The molecular weight excluding hydrogens is 571 g/mol. The highest BCUT2D eigenvalue weighted by atomic mass is 127. The third-order valence-electron chi connectivity index (χ3n) is 5.57. The van der Waals surface area contributed by atoms with Gasteiger partial charge in [0.15, 0.2) is 0 Å². The van der Waals surface area contributed by atoms with Gasteiger partial charge in [0, 0.05) is 9.99 Å². The lowest BCUT2D eigenvalue weighted by Crippen LogP contribution is -2.49. The molecule has 0 spiro atoms. The number of benzene rings is 3. The Morgan fingerprint density at radius 2 is 1.77 bits per heavy atom. The van der Waals surface area contributed by atoms with Crippen LogP contribution in [0.5, 0.6) is 5.75 Å². The molecule has 2 atom stereocenters. The van der Waals surface area contributed by atoms with Gasteiger partial charge in [0.25, 0.3) is 5.91 Å². The molecule has 1 saturated heterocycles. The van der Waals surface area contributed by atoms with Crippen molar-refractivity contribution in [3.63, 3.8) is 0 Å². The number of imide groups is 1. The van der Waals surface area contributed by atoms with E-state index in [-0.39, 0.29) is 12.1 Å². The van der Waals surface area contributed by atoms with Crippen LogP contribution in [-0.4, -0.2) is 35.9 Å². The molecule has 35 heavy (non-hydrogen) atoms. The number of ether oxygens (including phenoxy) is 1. The monoisotopic (exact) mass is 591 g/mol. The van der Waals surface area contributed by atoms with Crippen molar-refractivity contribution in [2.45, 2.75) is 18.5 Å². The highest BCUT2D eigenvalue weighted by molar-refractivity contribution is 14.1. The van der Waals surface area contributed by atoms with Gasteiger partial charge < -0.3 is 15.4 Å². The van der Waals surface area contributed by atoms with Crippen molar-refractivity contribution in [1.29, 1.82) is 0 Å². The molecule has 0 aromatic heterocycles. The van der Waals surface area contributed by atoms with E-state index in [0.717, 1.165) is 4.90 Å². The number of nitrogens with zero attached hydrogens (tertiary/aromatic N) is 1. The van der Waals surface area contributed by atoms with Crippen LogP contribution in [0.15, 0.2) is 66.7 Å². The molecule has 1 aliphatic heterocycles. The molecule has 0 unspecified atom stereocenters. The number of hydrogen-bond acceptors (Lipinski definition) is 4. The molecule has 0 radical (unpaired) electrons. The number of nitrogens with one attached hydrogen (secondary N) is 2. The van der Waals surface area contributed by atoms with E-state index in [9.17, 15) is 23.2 Å². The van der Waals surface area contributed by atoms with Crippen molar-refractivity contribution < 1.29 is 27.9 Å². The summed E-state index contributed by atoms with van der Waals surface area (Å²) in [5.74, 6) is -1.93. The summed E-state index contributed by atoms with van der Waals surface area (Å²) in [5.41, 5.74) is 0.942. The van der Waals surface area contributed by atoms with Crippen LogP contribution in [0.3, 0.4) is 0 Å². The van der Waals surface area contributed by atoms with E-state index in [0.29, 0.717) is 20.4 Å². The fourth-order valence-corrected chi connectivity index (χ4v) is 4.22. The third kappa shape index (κ3) is 5.42. The van der Waals surface area contributed by atoms with Crippen molar-refractivity contribution in [1.82, 2.24) is 10.2 Å². The number of urea groups is 1. The van der Waals surface area contributed by atoms with Crippen LogP contribution >= 0.6 is 22.6 Å². The molecule has 0 aliphatic carbocycles. The summed E-state index contributed by atoms with van der Waals surface area (Å²) in [7, 11) is 1.51. The van der Waals surface area contributed by atoms with Crippen molar-refractivity contribution >= 4 is 46.1 Å². The second kappa shape index (κ2) is 10.4. The van der Waals surface area contributed by atoms with Gasteiger partial charge in [-0.15, -0.1) is 0 Å². The van der Waals surface area contributed by atoms with Gasteiger partial charge in [0.1, 0.15) is 29.5 Å². The molecule has 1 heterocycles. The maximum Gasteiger partial charge on any atom is 0.325 e. The zero-order valence-electron chi connectivity index (χ0n) is 18.4. The number of rotatable bonds is 7. The van der Waals surface area contributed by atoms with Gasteiger partial charge in [0.05, 0.1) is 12.8 Å². The van der Waals surface area contributed by atoms with E-state index >= 15 is 0 Å². The zero-order chi connectivity index (χ0) is 25.1. The lowest BCUT2D eigenvalue weighted by Gasteiger charge is -2.25. The highest BCUT2D eigenvalue weighted by Crippen LogP contribution is 2.27. The Morgan fingerprint density at radius 1 is 1.09 bits per heavy atom. The summed E-state index contributed by atoms with van der Waals surface area (Å²) >= 11 is 1.94. The maximum atomic E-state index is 14.4. The number of anilines is 1. The van der Waals surface area contributed by atoms with Crippen LogP contribution in [0.1, 0.15) is 17.2 Å². The SMILES string of the molecule is COc1ccc([C@H]2NC(=O)N([C@@H](Cc3ccc(F)cc3)C(=O)Nc3ccc(I)cc3F)C2=O)cc1. The van der Waals surface area contributed by atoms with E-state index in [4.69, 9.17) is 4.74 Å². The van der Waals surface area contributed by atoms with Gasteiger partial charge in [-0.2, -0.15) is 0 Å². The molecule has 1 aliphatic rings. The Labute approximate surface area is 213 Å². The fourth-order valence-electron chi connectivity index (χ4n) is 3.76. The van der Waals surface area contributed by atoms with Crippen LogP contribution in [0.25, 0.3) is 0 Å². The molecule has 4 amide bonds. The summed E-state index contributed by atoms with van der Waals surface area (Å²) in [6, 6.07) is 13.1. The van der Waals surface area contributed by atoms with Crippen molar-refractivity contribution in [3.05, 3.63) is 93.1 Å². The number of amides is 4. The first kappa shape index (κ1) is 24.6. The van der Waals surface area contributed by atoms with Gasteiger partial charge in [-0.1, -0.05) is 24.3 Å². The van der Waals surface area contributed by atoms with Gasteiger partial charge in [-0.3, -0.25) is 9.59 Å². The quantitative estimate of drug-likeness (QED) is 0.315. The van der Waals surface area contributed by atoms with Crippen molar-refractivity contribution in [2.24, 2.45) is 0 Å². The molecule has 2 N–H and O–H groups in total. The molecule has 7 nitrogen and oxygen atoms in total. The first-order valence-corrected chi connectivity index (χ1v) is 11.6. The Hall–Kier alpha value is -3.54. The predicted molar refractivity (Wildman–Crippen MR) is 133 cm³/mol. The normalized spacial score (nSPS) is 16.1. The molecule has 1 fully saturated rings. The Balaban J connectivity index is 1.64. The van der Waals surface area contributed by atoms with Crippen LogP contribution in [0.4, 0.5) is 19.3 Å². The largest absolute Gasteiger partial charge is 0.497 e. The molecule has 0 bridgehead atoms. The highest BCUT2D eigenvalue weighted by Gasteiger charge is 2.45. The fraction of sp³-hybridized carbons (Fsp3) is 0.160. The van der Waals surface area contributed by atoms with Crippen LogP contribution in [0.2, 0.25) is 0 Å². The lowest BCUT2D eigenvalue weighted by atomic mass is 10.0. The minimum atomic E-state index is -1.31. The molecule has 10 heteroatoms. The topological polar surface area (TPSA) is 87.7 Å². The van der Waals surface area contributed by atoms with Gasteiger partial charge >= 0.3 is 6.03 Å². The van der Waals surface area contributed by atoms with E-state index in [2.05, 4.69) is 10.6 Å². The average Bonchev–Trinajstić information content (AvgIpc) is 3.14. The predicted octanol–water partition coefficient (Wildman–Crippen LogP) is 4.42. The van der Waals surface area contributed by atoms with Crippen molar-refractivity contribution in [3.8, 4) is 5.75 Å². The lowest BCUT2D eigenvalue weighted by molar-refractivity contribution is -0.134. The second-order valence-electron chi connectivity index (χ2n) is 7.82. The number of methoxy groups -OCH3 is 1. The number of carbonyl (C=O) groups excluding carboxylic acids is 3. The molecule has 180 valence electrons. The minimum Gasteiger partial charge on any atom is -0.497 e. The van der Waals surface area contributed by atoms with Crippen molar-refractivity contribution in [2.75, 3.05) is 12.4 Å². The smallest absolute Gasteiger partial charge is 0.325 e. The van der Waals surface area contributed by atoms with Gasteiger partial charge in [0.2, 0.25) is 5.91 Å². The van der Waals surface area contributed by atoms with E-state index in [1.807, 2.05) is 22.6 Å². The Morgan fingerprint density at radius 3 is 2.40 bits per heavy atom. The molecule has 0 saturated carbocycles. The van der Waals surface area contributed by atoms with E-state index < -0.39 is 41.6 Å². The molecular formula is C25H20F2IN3O4. The molecule has 3 aromatic rings. The van der Waals surface area contributed by atoms with Gasteiger partial charge in [-0.25, -0.2) is 18.5 Å². The zero-order valence-corrected chi connectivity index (χ0v) is 20.6. The molecule has 3 aromatic carbocycles. The standard InChI is InChI=1S/C25H20F2IN3O4/c1-35-18-9-4-15(5-10-18)22-24(33)31(25(34)30-22)21(12-14-2-6-16(26)7-3-14)23(32)29-20-11-8-17(28)13-19(20)27/h2-11,13,21-22H,12H2,1H3,(H,29,32)(H,30,34)/t21-,22+/m0/s1. The van der Waals surface area contributed by atoms with Crippen LogP contribution in [-0.2, 0) is 16.0 Å².